The standard InChI is InChI=1S/C14H20O4S/c1-14(2,3)19(17,18)12(13(15)16)10-9-11-7-5-4-6-8-11/h4-8,12H,9-10H2,1-3H3,(H,15,16). The van der Waals surface area contributed by atoms with Gasteiger partial charge in [-0.05, 0) is 39.2 Å². The summed E-state index contributed by atoms with van der Waals surface area (Å²) in [7, 11) is -3.71. The second-order valence-corrected chi connectivity index (χ2v) is 8.39. The van der Waals surface area contributed by atoms with Gasteiger partial charge in [0.15, 0.2) is 15.1 Å². The maximum atomic E-state index is 12.2. The van der Waals surface area contributed by atoms with Gasteiger partial charge in [-0.25, -0.2) is 8.42 Å². The molecule has 19 heavy (non-hydrogen) atoms. The Kier molecular flexibility index (Phi) is 4.74. The van der Waals surface area contributed by atoms with Crippen LogP contribution in [0.2, 0.25) is 0 Å². The minimum atomic E-state index is -3.71. The van der Waals surface area contributed by atoms with Gasteiger partial charge in [0.25, 0.3) is 0 Å². The van der Waals surface area contributed by atoms with Gasteiger partial charge < -0.3 is 5.11 Å². The van der Waals surface area contributed by atoms with E-state index in [2.05, 4.69) is 0 Å². The monoisotopic (exact) mass is 284 g/mol. The van der Waals surface area contributed by atoms with E-state index in [0.29, 0.717) is 6.42 Å². The molecule has 1 atom stereocenters. The van der Waals surface area contributed by atoms with Gasteiger partial charge in [0.1, 0.15) is 0 Å². The number of rotatable bonds is 5. The van der Waals surface area contributed by atoms with Crippen molar-refractivity contribution >= 4 is 15.8 Å². The van der Waals surface area contributed by atoms with Crippen LogP contribution in [-0.2, 0) is 21.1 Å². The van der Waals surface area contributed by atoms with E-state index in [9.17, 15) is 18.3 Å². The summed E-state index contributed by atoms with van der Waals surface area (Å²) >= 11 is 0. The quantitative estimate of drug-likeness (QED) is 0.900. The van der Waals surface area contributed by atoms with E-state index in [-0.39, 0.29) is 6.42 Å². The molecule has 106 valence electrons. The van der Waals surface area contributed by atoms with Crippen LogP contribution in [0.5, 0.6) is 0 Å². The smallest absolute Gasteiger partial charge is 0.321 e. The van der Waals surface area contributed by atoms with Gasteiger partial charge in [-0.2, -0.15) is 0 Å². The number of aryl methyl sites for hydroxylation is 1. The number of carboxylic acids is 1. The second kappa shape index (κ2) is 5.74. The lowest BCUT2D eigenvalue weighted by molar-refractivity contribution is -0.136. The molecule has 0 bridgehead atoms. The molecule has 1 aromatic rings. The number of carboxylic acid groups (broad SMARTS) is 1. The molecule has 5 heteroatoms. The molecule has 0 fully saturated rings. The lowest BCUT2D eigenvalue weighted by Crippen LogP contribution is -2.42. The van der Waals surface area contributed by atoms with Crippen molar-refractivity contribution in [3.8, 4) is 0 Å². The third kappa shape index (κ3) is 3.80. The largest absolute Gasteiger partial charge is 0.480 e. The van der Waals surface area contributed by atoms with Gasteiger partial charge in [0.2, 0.25) is 0 Å². The average Bonchev–Trinajstić information content (AvgIpc) is 2.28. The van der Waals surface area contributed by atoms with E-state index in [4.69, 9.17) is 0 Å². The Balaban J connectivity index is 2.90. The molecule has 0 radical (unpaired) electrons. The van der Waals surface area contributed by atoms with Gasteiger partial charge in [0.05, 0.1) is 4.75 Å². The van der Waals surface area contributed by atoms with Crippen LogP contribution in [0.3, 0.4) is 0 Å². The zero-order chi connectivity index (χ0) is 14.7. The normalized spacial score (nSPS) is 14.1. The van der Waals surface area contributed by atoms with E-state index in [1.165, 1.54) is 20.8 Å². The van der Waals surface area contributed by atoms with Gasteiger partial charge in [-0.3, -0.25) is 4.79 Å². The third-order valence-corrected chi connectivity index (χ3v) is 5.94. The number of benzene rings is 1. The Hall–Kier alpha value is -1.36. The minimum absolute atomic E-state index is 0.0962. The van der Waals surface area contributed by atoms with Crippen molar-refractivity contribution in [3.05, 3.63) is 35.9 Å². The highest BCUT2D eigenvalue weighted by molar-refractivity contribution is 7.94. The molecule has 4 nitrogen and oxygen atoms in total. The lowest BCUT2D eigenvalue weighted by atomic mass is 10.1. The van der Waals surface area contributed by atoms with Crippen LogP contribution in [0.15, 0.2) is 30.3 Å². The van der Waals surface area contributed by atoms with E-state index in [1.54, 1.807) is 0 Å². The third-order valence-electron chi connectivity index (χ3n) is 3.04. The average molecular weight is 284 g/mol. The molecule has 0 spiro atoms. The van der Waals surface area contributed by atoms with E-state index >= 15 is 0 Å². The SMILES string of the molecule is CC(C)(C)S(=O)(=O)C(CCc1ccccc1)C(=O)O. The highest BCUT2D eigenvalue weighted by atomic mass is 32.2. The predicted octanol–water partition coefficient (Wildman–Crippen LogP) is 2.29. The van der Waals surface area contributed by atoms with Crippen molar-refractivity contribution in [1.82, 2.24) is 0 Å². The van der Waals surface area contributed by atoms with Gasteiger partial charge in [-0.15, -0.1) is 0 Å². The van der Waals surface area contributed by atoms with Crippen LogP contribution in [0.4, 0.5) is 0 Å². The van der Waals surface area contributed by atoms with Crippen LogP contribution in [0.25, 0.3) is 0 Å². The highest BCUT2D eigenvalue weighted by Gasteiger charge is 2.41. The summed E-state index contributed by atoms with van der Waals surface area (Å²) in [6, 6.07) is 9.29. The van der Waals surface area contributed by atoms with Crippen LogP contribution in [-0.4, -0.2) is 29.5 Å². The van der Waals surface area contributed by atoms with Crippen LogP contribution in [0, 0.1) is 0 Å². The van der Waals surface area contributed by atoms with E-state index in [0.717, 1.165) is 5.56 Å². The fourth-order valence-corrected chi connectivity index (χ4v) is 3.33. The number of hydrogen-bond donors (Lipinski definition) is 1. The minimum Gasteiger partial charge on any atom is -0.480 e. The van der Waals surface area contributed by atoms with Crippen molar-refractivity contribution in [2.24, 2.45) is 0 Å². The molecular weight excluding hydrogens is 264 g/mol. The fourth-order valence-electron chi connectivity index (χ4n) is 1.78. The van der Waals surface area contributed by atoms with Crippen molar-refractivity contribution in [1.29, 1.82) is 0 Å². The van der Waals surface area contributed by atoms with Crippen LogP contribution < -0.4 is 0 Å². The van der Waals surface area contributed by atoms with E-state index < -0.39 is 25.8 Å². The first-order valence-electron chi connectivity index (χ1n) is 6.16. The molecule has 0 amide bonds. The molecule has 1 unspecified atom stereocenters. The van der Waals surface area contributed by atoms with E-state index in [1.807, 2.05) is 30.3 Å². The highest BCUT2D eigenvalue weighted by Crippen LogP contribution is 2.24. The number of carbonyl (C=O) groups is 1. The topological polar surface area (TPSA) is 71.4 Å². The Labute approximate surface area is 114 Å². The summed E-state index contributed by atoms with van der Waals surface area (Å²) in [5.74, 6) is -1.27. The second-order valence-electron chi connectivity index (χ2n) is 5.51. The summed E-state index contributed by atoms with van der Waals surface area (Å²) in [5, 5.41) is 7.82. The Bertz CT molecular complexity index is 526. The summed E-state index contributed by atoms with van der Waals surface area (Å²) in [6.07, 6.45) is 0.534. The zero-order valence-corrected chi connectivity index (χ0v) is 12.3. The maximum absolute atomic E-state index is 12.2. The Morgan fingerprint density at radius 3 is 2.16 bits per heavy atom. The lowest BCUT2D eigenvalue weighted by Gasteiger charge is -2.24. The van der Waals surface area contributed by atoms with Crippen molar-refractivity contribution in [3.63, 3.8) is 0 Å². The summed E-state index contributed by atoms with van der Waals surface area (Å²) < 4.78 is 23.4. The molecule has 1 N–H and O–H groups in total. The molecule has 0 saturated carbocycles. The predicted molar refractivity (Wildman–Crippen MR) is 74.9 cm³/mol. The number of hydrogen-bond acceptors (Lipinski definition) is 3. The molecule has 1 rings (SSSR count). The maximum Gasteiger partial charge on any atom is 0.321 e. The number of aliphatic carboxylic acids is 1. The van der Waals surface area contributed by atoms with Gasteiger partial charge in [0, 0.05) is 0 Å². The summed E-state index contributed by atoms with van der Waals surface area (Å²) in [4.78, 5) is 11.2. The molecule has 0 aliphatic carbocycles. The molecule has 0 saturated heterocycles. The van der Waals surface area contributed by atoms with Crippen LogP contribution >= 0.6 is 0 Å². The zero-order valence-electron chi connectivity index (χ0n) is 11.5. The fraction of sp³-hybridized carbons (Fsp3) is 0.500. The Morgan fingerprint density at radius 2 is 1.74 bits per heavy atom. The molecular formula is C14H20O4S. The first kappa shape index (κ1) is 15.7. The molecule has 0 aliphatic heterocycles. The van der Waals surface area contributed by atoms with Crippen molar-refractivity contribution < 1.29 is 18.3 Å². The molecule has 1 aromatic carbocycles. The number of sulfone groups is 1. The van der Waals surface area contributed by atoms with Gasteiger partial charge in [-0.1, -0.05) is 30.3 Å². The van der Waals surface area contributed by atoms with Crippen molar-refractivity contribution in [2.45, 2.75) is 43.6 Å². The summed E-state index contributed by atoms with van der Waals surface area (Å²) in [5.41, 5.74) is 0.942. The molecule has 0 aliphatic rings. The molecule has 0 aromatic heterocycles. The van der Waals surface area contributed by atoms with Gasteiger partial charge >= 0.3 is 5.97 Å². The van der Waals surface area contributed by atoms with Crippen LogP contribution in [0.1, 0.15) is 32.8 Å². The first-order chi connectivity index (χ1) is 8.66. The Morgan fingerprint density at radius 1 is 1.21 bits per heavy atom. The first-order valence-corrected chi connectivity index (χ1v) is 7.71. The summed E-state index contributed by atoms with van der Waals surface area (Å²) in [6.45, 7) is 4.59. The molecule has 0 heterocycles. The van der Waals surface area contributed by atoms with Crippen molar-refractivity contribution in [2.75, 3.05) is 0 Å².